The van der Waals surface area contributed by atoms with Crippen LogP contribution in [0.2, 0.25) is 0 Å². The van der Waals surface area contributed by atoms with Gasteiger partial charge in [-0.2, -0.15) is 9.78 Å². The van der Waals surface area contributed by atoms with Gasteiger partial charge in [0.1, 0.15) is 17.2 Å². The second-order valence-electron chi connectivity index (χ2n) is 16.2. The molecule has 5 N–H and O–H groups in total. The van der Waals surface area contributed by atoms with Crippen molar-refractivity contribution >= 4 is 66.2 Å². The first kappa shape index (κ1) is 43.6. The van der Waals surface area contributed by atoms with Crippen LogP contribution >= 0.6 is 11.8 Å². The van der Waals surface area contributed by atoms with Crippen molar-refractivity contribution in [3.8, 4) is 22.9 Å². The fourth-order valence-electron chi connectivity index (χ4n) is 6.95. The van der Waals surface area contributed by atoms with Gasteiger partial charge in [-0.25, -0.2) is 26.6 Å². The highest BCUT2D eigenvalue weighted by molar-refractivity contribution is 8.01. The van der Waals surface area contributed by atoms with Crippen molar-refractivity contribution in [2.75, 3.05) is 49.1 Å². The molecule has 3 aromatic carbocycles. The number of rotatable bonds is 13. The first-order chi connectivity index (χ1) is 27.4. The van der Waals surface area contributed by atoms with Gasteiger partial charge in [-0.15, -0.1) is 22.0 Å². The Bertz CT molecular complexity index is 2570. The molecule has 3 heterocycles. The van der Waals surface area contributed by atoms with E-state index in [-0.39, 0.29) is 67.4 Å². The van der Waals surface area contributed by atoms with E-state index in [9.17, 15) is 31.8 Å². The lowest BCUT2D eigenvalue weighted by molar-refractivity contribution is -0.115. The van der Waals surface area contributed by atoms with Crippen molar-refractivity contribution in [2.24, 2.45) is 10.1 Å². The number of hydrogen-bond donors (Lipinski definition) is 5. The van der Waals surface area contributed by atoms with E-state index in [1.54, 1.807) is 30.8 Å². The summed E-state index contributed by atoms with van der Waals surface area (Å²) in [5, 5.41) is 37.6. The smallest absolute Gasteiger partial charge is 0.274 e. The molecule has 316 valence electrons. The molecule has 1 fully saturated rings. The number of hydrogen-bond acceptors (Lipinski definition) is 14. The molecule has 1 amide bonds. The van der Waals surface area contributed by atoms with Crippen LogP contribution in [0.5, 0.6) is 11.5 Å². The Hall–Kier alpha value is -5.02. The zero-order valence-electron chi connectivity index (χ0n) is 34.4. The number of aromatic nitrogens is 3. The lowest BCUT2D eigenvalue weighted by atomic mass is 10.1. The van der Waals surface area contributed by atoms with Gasteiger partial charge < -0.3 is 20.4 Å². The maximum absolute atomic E-state index is 14.1. The van der Waals surface area contributed by atoms with E-state index in [2.05, 4.69) is 48.8 Å². The average Bonchev–Trinajstić information content (AvgIpc) is 3.76. The Balaban J connectivity index is 1.38. The van der Waals surface area contributed by atoms with E-state index in [0.29, 0.717) is 29.9 Å². The molecule has 1 aromatic heterocycles. The number of aryl methyl sites for hydroxylation is 1. The maximum Gasteiger partial charge on any atom is 0.274 e. The zero-order chi connectivity index (χ0) is 43.2. The van der Waals surface area contributed by atoms with Crippen LogP contribution < -0.4 is 19.7 Å². The van der Waals surface area contributed by atoms with E-state index in [4.69, 9.17) is 4.99 Å². The Morgan fingerprint density at radius 3 is 2.32 bits per heavy atom. The van der Waals surface area contributed by atoms with Gasteiger partial charge in [0.25, 0.3) is 15.9 Å². The minimum absolute atomic E-state index is 0.0232. The van der Waals surface area contributed by atoms with Gasteiger partial charge in [-0.3, -0.25) is 14.4 Å². The lowest BCUT2D eigenvalue weighted by Crippen LogP contribution is -2.45. The summed E-state index contributed by atoms with van der Waals surface area (Å²) < 4.78 is 57.7. The van der Waals surface area contributed by atoms with Crippen molar-refractivity contribution in [1.29, 1.82) is 0 Å². The Labute approximate surface area is 349 Å². The van der Waals surface area contributed by atoms with Crippen molar-refractivity contribution < 1.29 is 31.8 Å². The number of likely N-dealkylation sites (N-methyl/N-ethyl adjacent to an activating group) is 1. The third-order valence-electron chi connectivity index (χ3n) is 9.39. The van der Waals surface area contributed by atoms with Crippen LogP contribution in [0.3, 0.4) is 0 Å². The fourth-order valence-corrected chi connectivity index (χ4v) is 9.96. The summed E-state index contributed by atoms with van der Waals surface area (Å²) in [5.74, 6) is -0.568. The van der Waals surface area contributed by atoms with Gasteiger partial charge in [0.2, 0.25) is 15.8 Å². The molecule has 1 atom stereocenters. The second kappa shape index (κ2) is 16.2. The number of thioether (sulfide) groups is 1. The Morgan fingerprint density at radius 2 is 1.71 bits per heavy atom. The number of amides is 1. The Kier molecular flexibility index (Phi) is 12.0. The summed E-state index contributed by atoms with van der Waals surface area (Å²) in [5.41, 5.74) is 1.84. The Morgan fingerprint density at radius 1 is 1.03 bits per heavy atom. The number of sulfonamides is 2. The summed E-state index contributed by atoms with van der Waals surface area (Å²) in [6, 6.07) is 14.0. The number of carbonyl (C=O) groups excluding carboxylic acids is 1. The quantitative estimate of drug-likeness (QED) is 0.125. The van der Waals surface area contributed by atoms with E-state index in [0.717, 1.165) is 18.5 Å². The van der Waals surface area contributed by atoms with Gasteiger partial charge in [-0.05, 0) is 110 Å². The van der Waals surface area contributed by atoms with Crippen molar-refractivity contribution in [3.05, 3.63) is 71.5 Å². The molecule has 1 unspecified atom stereocenters. The lowest BCUT2D eigenvalue weighted by Gasteiger charge is -2.23. The monoisotopic (exact) mass is 866 g/mol. The summed E-state index contributed by atoms with van der Waals surface area (Å²) in [4.78, 5) is 22.5. The molecular weight excluding hydrogens is 817 g/mol. The van der Waals surface area contributed by atoms with E-state index in [1.807, 2.05) is 51.8 Å². The molecule has 1 saturated heterocycles. The predicted molar refractivity (Wildman–Crippen MR) is 232 cm³/mol. The largest absolute Gasteiger partial charge is 0.508 e. The molecule has 4 aromatic rings. The van der Waals surface area contributed by atoms with Crippen LogP contribution in [0.15, 0.2) is 69.6 Å². The van der Waals surface area contributed by atoms with E-state index in [1.165, 1.54) is 35.0 Å². The highest BCUT2D eigenvalue weighted by Gasteiger charge is 2.39. The highest BCUT2D eigenvalue weighted by atomic mass is 32.2. The molecule has 0 aliphatic carbocycles. The first-order valence-electron chi connectivity index (χ1n) is 18.8. The second-order valence-corrected chi connectivity index (χ2v) is 21.5. The average molecular weight is 867 g/mol. The number of anilines is 2. The first-order valence-corrected chi connectivity index (χ1v) is 23.0. The number of aliphatic imine (C=N–C) groups is 1. The molecule has 0 spiro atoms. The number of phenolic OH excluding ortho intramolecular Hbond substituents is 2. The van der Waals surface area contributed by atoms with E-state index >= 15 is 0 Å². The number of nitrogens with one attached hydrogen (secondary N) is 3. The standard InChI is InChI=1S/C39H50N10O7S3/c1-10-48(18-17-40-58(9,53)54)25-13-11-24(12-14-25)41-32-33(36(52)42-38(3,4)5)45-49-34(43-44-35(32)49)31-23(2)19-26(50)20-29(31)46-59(55,56)27-15-16-30(51)28(21-27)37-47(8)22-39(6,7)57-37/h11-16,19-21,37,40,46,50-51H,10,17-18,22H2,1-9H3,(H,42,52). The number of aromatic hydroxyl groups is 2. The molecule has 0 radical (unpaired) electrons. The van der Waals surface area contributed by atoms with Crippen LogP contribution in [-0.2, 0) is 24.8 Å². The normalized spacial score (nSPS) is 17.5. The maximum atomic E-state index is 14.1. The predicted octanol–water partition coefficient (Wildman–Crippen LogP) is 4.55. The van der Waals surface area contributed by atoms with Crippen LogP contribution in [0.4, 0.5) is 17.1 Å². The molecule has 2 aliphatic rings. The van der Waals surface area contributed by atoms with Gasteiger partial charge in [0, 0.05) is 59.3 Å². The molecule has 59 heavy (non-hydrogen) atoms. The number of carbonyl (C=O) groups is 1. The minimum Gasteiger partial charge on any atom is -0.508 e. The molecule has 20 heteroatoms. The van der Waals surface area contributed by atoms with E-state index < -0.39 is 31.5 Å². The molecule has 2 aliphatic heterocycles. The third-order valence-corrected chi connectivity index (χ3v) is 13.1. The summed E-state index contributed by atoms with van der Waals surface area (Å²) in [6.45, 7) is 15.3. The van der Waals surface area contributed by atoms with Gasteiger partial charge in [0.05, 0.1) is 27.9 Å². The van der Waals surface area contributed by atoms with Crippen LogP contribution in [-0.4, -0.2) is 114 Å². The van der Waals surface area contributed by atoms with Crippen molar-refractivity contribution in [1.82, 2.24) is 29.8 Å². The number of benzene rings is 3. The SMILES string of the molecule is CCN(CCNS(C)(=O)=O)c1ccc(N=C2C(C(=O)NC(C)(C)C)=Nn3c2nnc3-c2c(C)cc(O)cc2NS(=O)(=O)c2ccc(O)c(C3SC(C)(C)CN3C)c2)cc1. The van der Waals surface area contributed by atoms with Crippen molar-refractivity contribution in [3.63, 3.8) is 0 Å². The summed E-state index contributed by atoms with van der Waals surface area (Å²) in [7, 11) is -5.74. The number of fused-ring (bicyclic) bond motifs is 1. The third kappa shape index (κ3) is 9.89. The zero-order valence-corrected chi connectivity index (χ0v) is 36.8. The number of nitrogens with zero attached hydrogens (tertiary/aromatic N) is 7. The molecule has 0 bridgehead atoms. The number of phenols is 2. The highest BCUT2D eigenvalue weighted by Crippen LogP contribution is 2.50. The molecule has 17 nitrogen and oxygen atoms in total. The molecular formula is C39H50N10O7S3. The van der Waals surface area contributed by atoms with Crippen LogP contribution in [0, 0.1) is 6.92 Å². The van der Waals surface area contributed by atoms with Crippen LogP contribution in [0.1, 0.15) is 63.9 Å². The summed E-state index contributed by atoms with van der Waals surface area (Å²) >= 11 is 1.62. The van der Waals surface area contributed by atoms with Gasteiger partial charge in [-0.1, -0.05) is 0 Å². The van der Waals surface area contributed by atoms with Crippen LogP contribution in [0.25, 0.3) is 11.4 Å². The summed E-state index contributed by atoms with van der Waals surface area (Å²) in [6.07, 6.45) is 1.11. The molecule has 6 rings (SSSR count). The molecule has 0 saturated carbocycles. The van der Waals surface area contributed by atoms with Gasteiger partial charge in [0.15, 0.2) is 11.5 Å². The fraction of sp³-hybridized carbons (Fsp3) is 0.410. The van der Waals surface area contributed by atoms with Gasteiger partial charge >= 0.3 is 0 Å². The minimum atomic E-state index is -4.32. The topological polar surface area (TPSA) is 224 Å². The van der Waals surface area contributed by atoms with Crippen molar-refractivity contribution in [2.45, 2.75) is 69.0 Å².